The van der Waals surface area contributed by atoms with Crippen molar-refractivity contribution >= 4 is 5.78 Å². The van der Waals surface area contributed by atoms with Gasteiger partial charge in [0, 0.05) is 0 Å². The lowest BCUT2D eigenvalue weighted by atomic mass is 10.2. The molecule has 0 aliphatic heterocycles. The maximum absolute atomic E-state index is 10.4. The van der Waals surface area contributed by atoms with Crippen LogP contribution in [0.3, 0.4) is 0 Å². The number of allylic oxidation sites excluding steroid dienone is 4. The molecule has 0 atom stereocenters. The molecular formula is C10H16O. The normalized spacial score (nSPS) is 11.5. The molecule has 0 aromatic rings. The van der Waals surface area contributed by atoms with Gasteiger partial charge < -0.3 is 0 Å². The number of hydrogen-bond acceptors (Lipinski definition) is 1. The monoisotopic (exact) mass is 152 g/mol. The van der Waals surface area contributed by atoms with Gasteiger partial charge in [0.25, 0.3) is 0 Å². The summed E-state index contributed by atoms with van der Waals surface area (Å²) >= 11 is 0. The Balaban J connectivity index is 3.36. The van der Waals surface area contributed by atoms with Crippen LogP contribution in [0.1, 0.15) is 33.1 Å². The number of ketones is 1. The maximum atomic E-state index is 10.4. The van der Waals surface area contributed by atoms with E-state index in [0.29, 0.717) is 0 Å². The molecule has 0 amide bonds. The topological polar surface area (TPSA) is 17.1 Å². The van der Waals surface area contributed by atoms with Crippen molar-refractivity contribution < 1.29 is 4.79 Å². The SMILES string of the molecule is CCCC/C=C/C=C/C(C)=O. The molecule has 11 heavy (non-hydrogen) atoms. The number of unbranched alkanes of at least 4 members (excludes halogenated alkanes) is 2. The van der Waals surface area contributed by atoms with Gasteiger partial charge in [-0.2, -0.15) is 0 Å². The summed E-state index contributed by atoms with van der Waals surface area (Å²) in [6.07, 6.45) is 10.9. The van der Waals surface area contributed by atoms with Crippen molar-refractivity contribution in [2.75, 3.05) is 0 Å². The average molecular weight is 152 g/mol. The van der Waals surface area contributed by atoms with E-state index >= 15 is 0 Å². The summed E-state index contributed by atoms with van der Waals surface area (Å²) in [5, 5.41) is 0. The fraction of sp³-hybridized carbons (Fsp3) is 0.500. The summed E-state index contributed by atoms with van der Waals surface area (Å²) < 4.78 is 0. The molecule has 0 unspecified atom stereocenters. The number of carbonyl (C=O) groups is 1. The molecule has 0 fully saturated rings. The highest BCUT2D eigenvalue weighted by Crippen LogP contribution is 1.94. The zero-order chi connectivity index (χ0) is 8.53. The van der Waals surface area contributed by atoms with E-state index in [4.69, 9.17) is 0 Å². The van der Waals surface area contributed by atoms with Gasteiger partial charge in [-0.05, 0) is 19.4 Å². The summed E-state index contributed by atoms with van der Waals surface area (Å²) in [5.41, 5.74) is 0. The molecular weight excluding hydrogens is 136 g/mol. The molecule has 0 N–H and O–H groups in total. The van der Waals surface area contributed by atoms with E-state index in [1.807, 2.05) is 6.08 Å². The Labute approximate surface area is 68.8 Å². The highest BCUT2D eigenvalue weighted by Gasteiger charge is 1.78. The fourth-order valence-corrected chi connectivity index (χ4v) is 0.688. The molecule has 0 spiro atoms. The Morgan fingerprint density at radius 1 is 1.36 bits per heavy atom. The molecule has 0 aliphatic rings. The van der Waals surface area contributed by atoms with Gasteiger partial charge in [0.15, 0.2) is 5.78 Å². The molecule has 1 heteroatoms. The van der Waals surface area contributed by atoms with Crippen molar-refractivity contribution in [3.63, 3.8) is 0 Å². The first-order valence-corrected chi connectivity index (χ1v) is 4.11. The van der Waals surface area contributed by atoms with Crippen molar-refractivity contribution in [1.29, 1.82) is 0 Å². The van der Waals surface area contributed by atoms with Crippen molar-refractivity contribution in [2.45, 2.75) is 33.1 Å². The van der Waals surface area contributed by atoms with Crippen LogP contribution < -0.4 is 0 Å². The third-order valence-corrected chi connectivity index (χ3v) is 1.30. The first kappa shape index (κ1) is 10.2. The average Bonchev–Trinajstić information content (AvgIpc) is 1.96. The van der Waals surface area contributed by atoms with Gasteiger partial charge in [-0.3, -0.25) is 4.79 Å². The molecule has 0 aromatic heterocycles. The summed E-state index contributed by atoms with van der Waals surface area (Å²) in [5.74, 6) is 0.102. The lowest BCUT2D eigenvalue weighted by Gasteiger charge is -1.85. The third-order valence-electron chi connectivity index (χ3n) is 1.30. The van der Waals surface area contributed by atoms with Crippen molar-refractivity contribution in [3.05, 3.63) is 24.3 Å². The predicted molar refractivity (Wildman–Crippen MR) is 48.5 cm³/mol. The zero-order valence-corrected chi connectivity index (χ0v) is 7.34. The molecule has 0 aliphatic carbocycles. The van der Waals surface area contributed by atoms with Gasteiger partial charge in [0.05, 0.1) is 0 Å². The summed E-state index contributed by atoms with van der Waals surface area (Å²) in [7, 11) is 0. The van der Waals surface area contributed by atoms with Crippen LogP contribution in [-0.4, -0.2) is 5.78 Å². The van der Waals surface area contributed by atoms with Gasteiger partial charge in [0.2, 0.25) is 0 Å². The van der Waals surface area contributed by atoms with Crippen LogP contribution in [0.5, 0.6) is 0 Å². The van der Waals surface area contributed by atoms with Gasteiger partial charge in [0.1, 0.15) is 0 Å². The number of hydrogen-bond donors (Lipinski definition) is 0. The largest absolute Gasteiger partial charge is 0.295 e. The molecule has 0 heterocycles. The van der Waals surface area contributed by atoms with E-state index in [2.05, 4.69) is 13.0 Å². The quantitative estimate of drug-likeness (QED) is 0.336. The minimum Gasteiger partial charge on any atom is -0.295 e. The van der Waals surface area contributed by atoms with E-state index in [1.54, 1.807) is 19.1 Å². The minimum atomic E-state index is 0.102. The highest BCUT2D eigenvalue weighted by atomic mass is 16.1. The summed E-state index contributed by atoms with van der Waals surface area (Å²) in [4.78, 5) is 10.4. The maximum Gasteiger partial charge on any atom is 0.152 e. The molecule has 0 saturated heterocycles. The van der Waals surface area contributed by atoms with Crippen LogP contribution in [0.4, 0.5) is 0 Å². The Hall–Kier alpha value is -0.850. The third kappa shape index (κ3) is 9.15. The van der Waals surface area contributed by atoms with Crippen LogP contribution in [0, 0.1) is 0 Å². The molecule has 0 aromatic carbocycles. The molecule has 0 bridgehead atoms. The van der Waals surface area contributed by atoms with E-state index in [1.165, 1.54) is 12.8 Å². The van der Waals surface area contributed by atoms with Crippen LogP contribution in [0.2, 0.25) is 0 Å². The Morgan fingerprint density at radius 2 is 2.09 bits per heavy atom. The Morgan fingerprint density at radius 3 is 2.64 bits per heavy atom. The molecule has 1 nitrogen and oxygen atoms in total. The first-order valence-electron chi connectivity index (χ1n) is 4.11. The van der Waals surface area contributed by atoms with E-state index in [9.17, 15) is 4.79 Å². The number of rotatable bonds is 5. The van der Waals surface area contributed by atoms with E-state index in [0.717, 1.165) is 6.42 Å². The minimum absolute atomic E-state index is 0.102. The van der Waals surface area contributed by atoms with Crippen molar-refractivity contribution in [1.82, 2.24) is 0 Å². The first-order chi connectivity index (χ1) is 5.27. The zero-order valence-electron chi connectivity index (χ0n) is 7.34. The lowest BCUT2D eigenvalue weighted by Crippen LogP contribution is -1.77. The second-order valence-corrected chi connectivity index (χ2v) is 2.54. The van der Waals surface area contributed by atoms with Gasteiger partial charge in [-0.15, -0.1) is 0 Å². The van der Waals surface area contributed by atoms with Crippen LogP contribution in [0.25, 0.3) is 0 Å². The van der Waals surface area contributed by atoms with Crippen LogP contribution in [-0.2, 0) is 4.79 Å². The molecule has 62 valence electrons. The molecule has 0 saturated carbocycles. The van der Waals surface area contributed by atoms with E-state index in [-0.39, 0.29) is 5.78 Å². The van der Waals surface area contributed by atoms with Crippen LogP contribution in [0.15, 0.2) is 24.3 Å². The summed E-state index contributed by atoms with van der Waals surface area (Å²) in [6.45, 7) is 3.72. The Bertz CT molecular complexity index is 154. The van der Waals surface area contributed by atoms with Crippen molar-refractivity contribution in [2.24, 2.45) is 0 Å². The van der Waals surface area contributed by atoms with E-state index < -0.39 is 0 Å². The van der Waals surface area contributed by atoms with Crippen molar-refractivity contribution in [3.8, 4) is 0 Å². The molecule has 0 rings (SSSR count). The Kier molecular flexibility index (Phi) is 6.70. The highest BCUT2D eigenvalue weighted by molar-refractivity contribution is 5.87. The smallest absolute Gasteiger partial charge is 0.152 e. The second kappa shape index (κ2) is 7.26. The molecule has 0 radical (unpaired) electrons. The summed E-state index contributed by atoms with van der Waals surface area (Å²) in [6, 6.07) is 0. The number of carbonyl (C=O) groups excluding carboxylic acids is 1. The lowest BCUT2D eigenvalue weighted by molar-refractivity contribution is -0.112. The fourth-order valence-electron chi connectivity index (χ4n) is 0.688. The predicted octanol–water partition coefficient (Wildman–Crippen LogP) is 2.88. The van der Waals surface area contributed by atoms with Gasteiger partial charge >= 0.3 is 0 Å². The second-order valence-electron chi connectivity index (χ2n) is 2.54. The van der Waals surface area contributed by atoms with Crippen LogP contribution >= 0.6 is 0 Å². The van der Waals surface area contributed by atoms with Gasteiger partial charge in [-0.25, -0.2) is 0 Å². The standard InChI is InChI=1S/C10H16O/c1-3-4-5-6-7-8-9-10(2)11/h6-9H,3-5H2,1-2H3/b7-6+,9-8+. The van der Waals surface area contributed by atoms with Gasteiger partial charge in [-0.1, -0.05) is 38.0 Å².